The first-order valence-corrected chi connectivity index (χ1v) is 9.86. The largest absolute Gasteiger partial charge is 0.455 e. The van der Waals surface area contributed by atoms with E-state index in [2.05, 4.69) is 23.8 Å². The maximum Gasteiger partial charge on any atom is 0.340 e. The van der Waals surface area contributed by atoms with Crippen LogP contribution in [0, 0.1) is 0 Å². The number of rotatable bonds is 11. The van der Waals surface area contributed by atoms with Gasteiger partial charge in [0.25, 0.3) is 0 Å². The molecule has 29 heavy (non-hydrogen) atoms. The zero-order chi connectivity index (χ0) is 21.3. The second-order valence-electron chi connectivity index (χ2n) is 7.08. The van der Waals surface area contributed by atoms with Gasteiger partial charge < -0.3 is 4.74 Å². The average molecular weight is 410 g/mol. The van der Waals surface area contributed by atoms with Gasteiger partial charge in [-0.15, -0.1) is 0 Å². The van der Waals surface area contributed by atoms with Gasteiger partial charge in [-0.3, -0.25) is 0 Å². The number of hydrogen-bond acceptors (Lipinski definition) is 2. The van der Waals surface area contributed by atoms with Crippen molar-refractivity contribution in [2.24, 2.45) is 0 Å². The van der Waals surface area contributed by atoms with Crippen LogP contribution in [-0.2, 0) is 11.2 Å². The van der Waals surface area contributed by atoms with Crippen LogP contribution >= 0.6 is 0 Å². The van der Waals surface area contributed by atoms with Gasteiger partial charge in [0, 0.05) is 0 Å². The van der Waals surface area contributed by atoms with Gasteiger partial charge in [0.2, 0.25) is 0 Å². The van der Waals surface area contributed by atoms with Crippen LogP contribution in [0.1, 0.15) is 54.9 Å². The molecule has 0 saturated heterocycles. The monoisotopic (exact) mass is 410 g/mol. The zero-order valence-electron chi connectivity index (χ0n) is 16.5. The lowest BCUT2D eigenvalue weighted by molar-refractivity contribution is -0.155. The van der Waals surface area contributed by atoms with E-state index in [1.165, 1.54) is 49.8 Å². The normalized spacial score (nSPS) is 11.7. The van der Waals surface area contributed by atoms with Gasteiger partial charge in [-0.2, -0.15) is 8.78 Å². The van der Waals surface area contributed by atoms with Crippen LogP contribution in [0.2, 0.25) is 0 Å². The van der Waals surface area contributed by atoms with Crippen molar-refractivity contribution in [2.45, 2.75) is 57.8 Å². The van der Waals surface area contributed by atoms with Gasteiger partial charge in [0.05, 0.1) is 5.56 Å². The van der Waals surface area contributed by atoms with Crippen molar-refractivity contribution in [3.63, 3.8) is 0 Å². The molecule has 2 rings (SSSR count). The van der Waals surface area contributed by atoms with Crippen LogP contribution in [0.3, 0.4) is 0 Å². The highest BCUT2D eigenvalue weighted by Gasteiger charge is 2.42. The SMILES string of the molecule is CCCCCCCc1ccc(-c2ccc(C(=O)OCC(F)(F)C(F)F)cc2)cc1. The van der Waals surface area contributed by atoms with Crippen molar-refractivity contribution in [1.29, 1.82) is 0 Å². The molecule has 0 atom stereocenters. The summed E-state index contributed by atoms with van der Waals surface area (Å²) in [5.41, 5.74) is 3.12. The molecule has 0 fully saturated rings. The summed E-state index contributed by atoms with van der Waals surface area (Å²) >= 11 is 0. The van der Waals surface area contributed by atoms with E-state index in [1.54, 1.807) is 12.1 Å². The van der Waals surface area contributed by atoms with E-state index in [0.717, 1.165) is 17.5 Å². The van der Waals surface area contributed by atoms with Crippen molar-refractivity contribution in [2.75, 3.05) is 6.61 Å². The first-order chi connectivity index (χ1) is 13.8. The Morgan fingerprint density at radius 2 is 1.45 bits per heavy atom. The first kappa shape index (κ1) is 22.9. The molecule has 0 amide bonds. The Morgan fingerprint density at radius 1 is 0.897 bits per heavy atom. The molecule has 0 bridgehead atoms. The molecule has 0 saturated carbocycles. The molecule has 0 heterocycles. The molecular weight excluding hydrogens is 384 g/mol. The second kappa shape index (κ2) is 11.0. The maximum absolute atomic E-state index is 12.8. The molecule has 0 N–H and O–H groups in total. The number of carbonyl (C=O) groups excluding carboxylic acids is 1. The Balaban J connectivity index is 1.90. The molecule has 0 radical (unpaired) electrons. The lowest BCUT2D eigenvalue weighted by atomic mass is 10.00. The zero-order valence-corrected chi connectivity index (χ0v) is 16.5. The predicted molar refractivity (Wildman–Crippen MR) is 106 cm³/mol. The summed E-state index contributed by atoms with van der Waals surface area (Å²) in [5, 5.41) is 0. The van der Waals surface area contributed by atoms with E-state index in [0.29, 0.717) is 0 Å². The number of unbranched alkanes of at least 4 members (excludes halogenated alkanes) is 4. The van der Waals surface area contributed by atoms with Crippen LogP contribution in [0.5, 0.6) is 0 Å². The highest BCUT2D eigenvalue weighted by Crippen LogP contribution is 2.24. The van der Waals surface area contributed by atoms with E-state index in [4.69, 9.17) is 0 Å². The number of aryl methyl sites for hydroxylation is 1. The number of halogens is 4. The van der Waals surface area contributed by atoms with Crippen molar-refractivity contribution in [1.82, 2.24) is 0 Å². The van der Waals surface area contributed by atoms with Crippen LogP contribution in [-0.4, -0.2) is 24.9 Å². The van der Waals surface area contributed by atoms with Crippen LogP contribution in [0.15, 0.2) is 48.5 Å². The number of benzene rings is 2. The average Bonchev–Trinajstić information content (AvgIpc) is 2.72. The smallest absolute Gasteiger partial charge is 0.340 e. The van der Waals surface area contributed by atoms with Crippen LogP contribution < -0.4 is 0 Å². The van der Waals surface area contributed by atoms with Gasteiger partial charge in [-0.1, -0.05) is 69.0 Å². The summed E-state index contributed by atoms with van der Waals surface area (Å²) in [6.07, 6.45) is 3.33. The lowest BCUT2D eigenvalue weighted by Gasteiger charge is -2.15. The fraction of sp³-hybridized carbons (Fsp3) is 0.435. The van der Waals surface area contributed by atoms with Gasteiger partial charge in [-0.25, -0.2) is 13.6 Å². The highest BCUT2D eigenvalue weighted by molar-refractivity contribution is 5.90. The summed E-state index contributed by atoms with van der Waals surface area (Å²) in [5.74, 6) is -5.41. The topological polar surface area (TPSA) is 26.3 Å². The van der Waals surface area contributed by atoms with Crippen LogP contribution in [0.4, 0.5) is 17.6 Å². The minimum Gasteiger partial charge on any atom is -0.455 e. The number of esters is 1. The van der Waals surface area contributed by atoms with Crippen LogP contribution in [0.25, 0.3) is 11.1 Å². The van der Waals surface area contributed by atoms with Crippen molar-refractivity contribution in [3.8, 4) is 11.1 Å². The van der Waals surface area contributed by atoms with E-state index >= 15 is 0 Å². The summed E-state index contributed by atoms with van der Waals surface area (Å²) in [6, 6.07) is 14.3. The fourth-order valence-corrected chi connectivity index (χ4v) is 2.90. The van der Waals surface area contributed by atoms with Crippen molar-refractivity contribution >= 4 is 5.97 Å². The molecule has 0 aliphatic carbocycles. The van der Waals surface area contributed by atoms with E-state index in [9.17, 15) is 22.4 Å². The number of alkyl halides is 4. The Morgan fingerprint density at radius 3 is 2.00 bits per heavy atom. The summed E-state index contributed by atoms with van der Waals surface area (Å²) in [4.78, 5) is 11.8. The molecule has 2 aromatic carbocycles. The molecule has 2 nitrogen and oxygen atoms in total. The third-order valence-electron chi connectivity index (χ3n) is 4.69. The lowest BCUT2D eigenvalue weighted by Crippen LogP contribution is -2.33. The summed E-state index contributed by atoms with van der Waals surface area (Å²) in [7, 11) is 0. The van der Waals surface area contributed by atoms with E-state index in [1.807, 2.05) is 12.1 Å². The Bertz CT molecular complexity index is 755. The van der Waals surface area contributed by atoms with Gasteiger partial charge in [0.15, 0.2) is 6.61 Å². The third-order valence-corrected chi connectivity index (χ3v) is 4.69. The Hall–Kier alpha value is -2.37. The van der Waals surface area contributed by atoms with E-state index < -0.39 is 24.9 Å². The Labute approximate surface area is 168 Å². The summed E-state index contributed by atoms with van der Waals surface area (Å²) in [6.45, 7) is 0.547. The standard InChI is InChI=1S/C23H26F4O2/c1-2-3-4-5-6-7-17-8-10-18(11-9-17)19-12-14-20(15-13-19)21(28)29-16-23(26,27)22(24)25/h8-15,22H,2-7,16H2,1H3. The molecular formula is C23H26F4O2. The minimum absolute atomic E-state index is 0.0301. The molecule has 158 valence electrons. The second-order valence-corrected chi connectivity index (χ2v) is 7.08. The van der Waals surface area contributed by atoms with Crippen molar-refractivity contribution < 1.29 is 27.1 Å². The molecule has 6 heteroatoms. The Kier molecular flexibility index (Phi) is 8.68. The predicted octanol–water partition coefficient (Wildman–Crippen LogP) is 6.92. The molecule has 0 aromatic heterocycles. The number of ether oxygens (including phenoxy) is 1. The highest BCUT2D eigenvalue weighted by atomic mass is 19.3. The molecule has 2 aromatic rings. The van der Waals surface area contributed by atoms with Crippen molar-refractivity contribution in [3.05, 3.63) is 59.7 Å². The van der Waals surface area contributed by atoms with Gasteiger partial charge >= 0.3 is 18.3 Å². The summed E-state index contributed by atoms with van der Waals surface area (Å²) < 4.78 is 54.2. The number of carbonyl (C=O) groups is 1. The molecule has 0 unspecified atom stereocenters. The first-order valence-electron chi connectivity index (χ1n) is 9.86. The molecule has 0 spiro atoms. The minimum atomic E-state index is -4.35. The number of hydrogen-bond donors (Lipinski definition) is 0. The quantitative estimate of drug-likeness (QED) is 0.228. The maximum atomic E-state index is 12.8. The third kappa shape index (κ3) is 7.18. The van der Waals surface area contributed by atoms with Gasteiger partial charge in [-0.05, 0) is 41.7 Å². The molecule has 0 aliphatic heterocycles. The van der Waals surface area contributed by atoms with Gasteiger partial charge in [0.1, 0.15) is 0 Å². The molecule has 0 aliphatic rings. The fourth-order valence-electron chi connectivity index (χ4n) is 2.90. The van der Waals surface area contributed by atoms with E-state index in [-0.39, 0.29) is 5.56 Å².